The zero-order valence-electron chi connectivity index (χ0n) is 8.68. The van der Waals surface area contributed by atoms with E-state index in [0.29, 0.717) is 11.3 Å². The number of thioether (sulfide) groups is 1. The summed E-state index contributed by atoms with van der Waals surface area (Å²) in [6.07, 6.45) is -0.179. The van der Waals surface area contributed by atoms with Gasteiger partial charge in [0.15, 0.2) is 5.17 Å². The zero-order chi connectivity index (χ0) is 10.8. The number of amidine groups is 1. The van der Waals surface area contributed by atoms with Crippen LogP contribution >= 0.6 is 11.8 Å². The second-order valence-corrected chi connectivity index (χ2v) is 5.13. The zero-order valence-corrected chi connectivity index (χ0v) is 9.50. The first kappa shape index (κ1) is 11.8. The predicted molar refractivity (Wildman–Crippen MR) is 57.2 cm³/mol. The Morgan fingerprint density at radius 3 is 2.57 bits per heavy atom. The largest absolute Gasteiger partial charge is 0.361 e. The average Bonchev–Trinajstić information content (AvgIpc) is 2.28. The monoisotopic (exact) mass is 222 g/mol. The van der Waals surface area contributed by atoms with Crippen LogP contribution in [0.4, 0.5) is 8.78 Å². The Morgan fingerprint density at radius 1 is 1.50 bits per heavy atom. The topological polar surface area (TPSA) is 24.4 Å². The van der Waals surface area contributed by atoms with Crippen LogP contribution in [0.2, 0.25) is 0 Å². The first-order valence-electron chi connectivity index (χ1n) is 4.74. The van der Waals surface area contributed by atoms with Crippen molar-refractivity contribution in [1.29, 1.82) is 0 Å². The number of halogens is 2. The highest BCUT2D eigenvalue weighted by Crippen LogP contribution is 2.23. The van der Waals surface area contributed by atoms with Gasteiger partial charge in [0, 0.05) is 24.3 Å². The molecule has 1 rings (SSSR count). The molecule has 2 nitrogen and oxygen atoms in total. The minimum absolute atomic E-state index is 0.179. The summed E-state index contributed by atoms with van der Waals surface area (Å²) < 4.78 is 24.9. The van der Waals surface area contributed by atoms with Gasteiger partial charge in [0.05, 0.1) is 0 Å². The normalized spacial score (nSPS) is 30.8. The molecule has 0 amide bonds. The van der Waals surface area contributed by atoms with E-state index in [0.717, 1.165) is 12.1 Å². The molecule has 82 valence electrons. The first-order chi connectivity index (χ1) is 6.38. The van der Waals surface area contributed by atoms with Crippen LogP contribution in [0.25, 0.3) is 0 Å². The summed E-state index contributed by atoms with van der Waals surface area (Å²) in [5.74, 6) is -2.61. The van der Waals surface area contributed by atoms with E-state index in [4.69, 9.17) is 0 Å². The van der Waals surface area contributed by atoms with Gasteiger partial charge in [-0.2, -0.15) is 0 Å². The predicted octanol–water partition coefficient (Wildman–Crippen LogP) is 2.50. The fourth-order valence-corrected chi connectivity index (χ4v) is 2.11. The summed E-state index contributed by atoms with van der Waals surface area (Å²) in [6.45, 7) is 5.28. The average molecular weight is 222 g/mol. The molecular formula is C9H16F2N2S. The van der Waals surface area contributed by atoms with Crippen LogP contribution in [0, 0.1) is 0 Å². The van der Waals surface area contributed by atoms with Crippen LogP contribution in [-0.2, 0) is 0 Å². The van der Waals surface area contributed by atoms with E-state index >= 15 is 0 Å². The maximum absolute atomic E-state index is 12.5. The van der Waals surface area contributed by atoms with Crippen LogP contribution in [0.15, 0.2) is 4.99 Å². The summed E-state index contributed by atoms with van der Waals surface area (Å²) in [5.41, 5.74) is 0. The second kappa shape index (κ2) is 4.47. The van der Waals surface area contributed by atoms with Crippen molar-refractivity contribution < 1.29 is 8.78 Å². The van der Waals surface area contributed by atoms with Crippen molar-refractivity contribution >= 4 is 16.9 Å². The highest BCUT2D eigenvalue weighted by molar-refractivity contribution is 8.14. The maximum Gasteiger partial charge on any atom is 0.247 e. The van der Waals surface area contributed by atoms with Crippen LogP contribution in [0.5, 0.6) is 0 Å². The minimum Gasteiger partial charge on any atom is -0.361 e. The quantitative estimate of drug-likeness (QED) is 0.793. The summed E-state index contributed by atoms with van der Waals surface area (Å²) in [4.78, 5) is 4.10. The van der Waals surface area contributed by atoms with Crippen molar-refractivity contribution in [3.63, 3.8) is 0 Å². The van der Waals surface area contributed by atoms with Crippen LogP contribution in [0.1, 0.15) is 27.2 Å². The van der Waals surface area contributed by atoms with E-state index in [1.54, 1.807) is 11.8 Å². The number of hydrogen-bond acceptors (Lipinski definition) is 2. The molecule has 1 heterocycles. The summed E-state index contributed by atoms with van der Waals surface area (Å²) in [5, 5.41) is 4.43. The Hall–Kier alpha value is -0.320. The molecule has 0 aromatic rings. The van der Waals surface area contributed by atoms with Gasteiger partial charge in [-0.15, -0.1) is 0 Å². The molecule has 1 saturated heterocycles. The summed E-state index contributed by atoms with van der Waals surface area (Å²) >= 11 is 1.62. The molecule has 0 bridgehead atoms. The molecule has 1 aliphatic heterocycles. The summed E-state index contributed by atoms with van der Waals surface area (Å²) in [6, 6.07) is 0.376. The Balaban J connectivity index is 2.33. The van der Waals surface area contributed by atoms with E-state index < -0.39 is 5.92 Å². The Labute approximate surface area is 87.6 Å². The SMILES string of the molecule is CC1NC(=NCCC(C)(F)F)SC1C. The standard InChI is InChI=1S/C9H16F2N2S/c1-6-7(2)14-8(13-6)12-5-4-9(3,10)11/h6-7H,4-5H2,1-3H3,(H,12,13). The third-order valence-electron chi connectivity index (χ3n) is 2.16. The van der Waals surface area contributed by atoms with Crippen LogP contribution in [-0.4, -0.2) is 28.9 Å². The lowest BCUT2D eigenvalue weighted by Gasteiger charge is -2.07. The first-order valence-corrected chi connectivity index (χ1v) is 5.62. The van der Waals surface area contributed by atoms with E-state index in [-0.39, 0.29) is 13.0 Å². The minimum atomic E-state index is -2.61. The highest BCUT2D eigenvalue weighted by atomic mass is 32.2. The van der Waals surface area contributed by atoms with Crippen LogP contribution in [0.3, 0.4) is 0 Å². The Kier molecular flexibility index (Phi) is 3.75. The fourth-order valence-electron chi connectivity index (χ4n) is 1.06. The number of alkyl halides is 2. The fraction of sp³-hybridized carbons (Fsp3) is 0.889. The van der Waals surface area contributed by atoms with Gasteiger partial charge in [-0.05, 0) is 13.8 Å². The molecule has 0 aromatic heterocycles. The lowest BCUT2D eigenvalue weighted by molar-refractivity contribution is 0.0158. The molecule has 14 heavy (non-hydrogen) atoms. The van der Waals surface area contributed by atoms with Gasteiger partial charge >= 0.3 is 0 Å². The molecule has 1 aliphatic rings. The van der Waals surface area contributed by atoms with Crippen molar-refractivity contribution in [3.05, 3.63) is 0 Å². The lowest BCUT2D eigenvalue weighted by atomic mass is 10.3. The number of nitrogens with zero attached hydrogens (tertiary/aromatic N) is 1. The maximum atomic E-state index is 12.5. The number of hydrogen-bond donors (Lipinski definition) is 1. The van der Waals surface area contributed by atoms with Gasteiger partial charge in [-0.25, -0.2) is 8.78 Å². The third-order valence-corrected chi connectivity index (χ3v) is 3.41. The smallest absolute Gasteiger partial charge is 0.247 e. The molecule has 1 fully saturated rings. The Bertz CT molecular complexity index is 213. The molecule has 2 atom stereocenters. The van der Waals surface area contributed by atoms with Crippen molar-refractivity contribution in [3.8, 4) is 0 Å². The number of nitrogens with one attached hydrogen (secondary N) is 1. The molecular weight excluding hydrogens is 206 g/mol. The van der Waals surface area contributed by atoms with E-state index in [1.165, 1.54) is 0 Å². The molecule has 2 unspecified atom stereocenters. The molecule has 0 radical (unpaired) electrons. The number of aliphatic imine (C=N–C) groups is 1. The van der Waals surface area contributed by atoms with Crippen molar-refractivity contribution in [2.75, 3.05) is 6.54 Å². The van der Waals surface area contributed by atoms with Crippen molar-refractivity contribution in [1.82, 2.24) is 5.32 Å². The van der Waals surface area contributed by atoms with Crippen molar-refractivity contribution in [2.45, 2.75) is 44.4 Å². The van der Waals surface area contributed by atoms with E-state index in [9.17, 15) is 8.78 Å². The van der Waals surface area contributed by atoms with E-state index in [2.05, 4.69) is 24.2 Å². The molecule has 0 spiro atoms. The van der Waals surface area contributed by atoms with Gasteiger partial charge < -0.3 is 5.32 Å². The van der Waals surface area contributed by atoms with Gasteiger partial charge in [-0.1, -0.05) is 18.7 Å². The molecule has 5 heteroatoms. The van der Waals surface area contributed by atoms with Gasteiger partial charge in [0.2, 0.25) is 5.92 Å². The van der Waals surface area contributed by atoms with Gasteiger partial charge in [0.1, 0.15) is 0 Å². The van der Waals surface area contributed by atoms with Crippen LogP contribution < -0.4 is 5.32 Å². The van der Waals surface area contributed by atoms with E-state index in [1.807, 2.05) is 0 Å². The van der Waals surface area contributed by atoms with Gasteiger partial charge in [-0.3, -0.25) is 4.99 Å². The highest BCUT2D eigenvalue weighted by Gasteiger charge is 2.25. The molecule has 0 saturated carbocycles. The van der Waals surface area contributed by atoms with Gasteiger partial charge in [0.25, 0.3) is 0 Å². The molecule has 1 N–H and O–H groups in total. The second-order valence-electron chi connectivity index (χ2n) is 3.76. The molecule has 0 aromatic carbocycles. The van der Waals surface area contributed by atoms with Crippen molar-refractivity contribution in [2.24, 2.45) is 4.99 Å². The summed E-state index contributed by atoms with van der Waals surface area (Å²) in [7, 11) is 0. The third kappa shape index (κ3) is 3.82. The lowest BCUT2D eigenvalue weighted by Crippen LogP contribution is -2.26. The number of rotatable bonds is 3. The molecule has 0 aliphatic carbocycles. The Morgan fingerprint density at radius 2 is 2.14 bits per heavy atom.